The number of aromatic amines is 1. The van der Waals surface area contributed by atoms with E-state index in [2.05, 4.69) is 28.2 Å². The molecule has 0 saturated carbocycles. The molecule has 0 fully saturated rings. The van der Waals surface area contributed by atoms with E-state index in [9.17, 15) is 4.79 Å². The first-order valence-corrected chi connectivity index (χ1v) is 6.73. The van der Waals surface area contributed by atoms with Crippen molar-refractivity contribution in [1.29, 1.82) is 0 Å². The first kappa shape index (κ1) is 12.6. The number of amides is 1. The van der Waals surface area contributed by atoms with Crippen molar-refractivity contribution >= 4 is 5.91 Å². The molecule has 102 valence electrons. The van der Waals surface area contributed by atoms with Gasteiger partial charge in [-0.1, -0.05) is 37.3 Å². The number of carbonyl (C=O) groups excluding carboxylic acids is 1. The lowest BCUT2D eigenvalue weighted by Gasteiger charge is -2.24. The second-order valence-electron chi connectivity index (χ2n) is 4.74. The lowest BCUT2D eigenvalue weighted by Crippen LogP contribution is -2.35. The molecule has 1 aliphatic heterocycles. The van der Waals surface area contributed by atoms with E-state index in [1.165, 1.54) is 6.33 Å². The molecule has 1 unspecified atom stereocenters. The summed E-state index contributed by atoms with van der Waals surface area (Å²) in [5, 5.41) is 6.67. The average Bonchev–Trinajstić information content (AvgIpc) is 3.17. The molecule has 1 aliphatic rings. The first-order valence-electron chi connectivity index (χ1n) is 6.73. The third kappa shape index (κ3) is 2.11. The van der Waals surface area contributed by atoms with Crippen molar-refractivity contribution in [2.24, 2.45) is 0 Å². The van der Waals surface area contributed by atoms with Gasteiger partial charge in [0.2, 0.25) is 0 Å². The Kier molecular flexibility index (Phi) is 3.33. The molecule has 0 spiro atoms. The standard InChI is InChI=1S/C15H16N4O/c1-2-11-6-5-9-19(11)15(20)13-8-4-3-7-12(13)14-16-10-17-18-14/h3-8,10-11H,2,9H2,1H3,(H,16,17,18). The van der Waals surface area contributed by atoms with Gasteiger partial charge in [-0.25, -0.2) is 4.98 Å². The third-order valence-electron chi connectivity index (χ3n) is 3.57. The molecular formula is C15H16N4O. The van der Waals surface area contributed by atoms with Gasteiger partial charge in [0, 0.05) is 12.1 Å². The van der Waals surface area contributed by atoms with Gasteiger partial charge in [-0.2, -0.15) is 5.10 Å². The Hall–Kier alpha value is -2.43. The minimum atomic E-state index is 0.0360. The highest BCUT2D eigenvalue weighted by molar-refractivity contribution is 6.00. The van der Waals surface area contributed by atoms with Crippen molar-refractivity contribution in [2.45, 2.75) is 19.4 Å². The highest BCUT2D eigenvalue weighted by Crippen LogP contribution is 2.24. The van der Waals surface area contributed by atoms with Gasteiger partial charge >= 0.3 is 0 Å². The maximum atomic E-state index is 12.8. The molecule has 5 heteroatoms. The van der Waals surface area contributed by atoms with E-state index in [4.69, 9.17) is 0 Å². The van der Waals surface area contributed by atoms with E-state index < -0.39 is 0 Å². The zero-order valence-corrected chi connectivity index (χ0v) is 11.3. The number of carbonyl (C=O) groups is 1. The average molecular weight is 268 g/mol. The maximum Gasteiger partial charge on any atom is 0.255 e. The number of H-pyrrole nitrogens is 1. The van der Waals surface area contributed by atoms with Crippen LogP contribution in [0, 0.1) is 0 Å². The highest BCUT2D eigenvalue weighted by atomic mass is 16.2. The molecule has 0 radical (unpaired) electrons. The minimum absolute atomic E-state index is 0.0360. The van der Waals surface area contributed by atoms with Gasteiger partial charge in [-0.3, -0.25) is 9.89 Å². The molecule has 1 aromatic heterocycles. The summed E-state index contributed by atoms with van der Waals surface area (Å²) in [5.41, 5.74) is 1.45. The van der Waals surface area contributed by atoms with Crippen LogP contribution in [0.25, 0.3) is 11.4 Å². The first-order chi connectivity index (χ1) is 9.81. The molecular weight excluding hydrogens is 252 g/mol. The van der Waals surface area contributed by atoms with Crippen molar-refractivity contribution in [3.63, 3.8) is 0 Å². The van der Waals surface area contributed by atoms with Crippen molar-refractivity contribution in [2.75, 3.05) is 6.54 Å². The predicted octanol–water partition coefficient (Wildman–Crippen LogP) is 2.26. The molecule has 2 heterocycles. The Morgan fingerprint density at radius 3 is 3.05 bits per heavy atom. The Balaban J connectivity index is 1.97. The molecule has 5 nitrogen and oxygen atoms in total. The second-order valence-corrected chi connectivity index (χ2v) is 4.74. The van der Waals surface area contributed by atoms with Gasteiger partial charge in [0.15, 0.2) is 5.82 Å². The summed E-state index contributed by atoms with van der Waals surface area (Å²) in [6.45, 7) is 2.75. The third-order valence-corrected chi connectivity index (χ3v) is 3.57. The molecule has 0 aliphatic carbocycles. The summed E-state index contributed by atoms with van der Waals surface area (Å²) in [4.78, 5) is 18.8. The molecule has 1 N–H and O–H groups in total. The van der Waals surface area contributed by atoms with Gasteiger partial charge < -0.3 is 4.90 Å². The predicted molar refractivity (Wildman–Crippen MR) is 76.1 cm³/mol. The van der Waals surface area contributed by atoms with Crippen LogP contribution in [0.3, 0.4) is 0 Å². The van der Waals surface area contributed by atoms with Crippen LogP contribution in [-0.4, -0.2) is 38.6 Å². The molecule has 20 heavy (non-hydrogen) atoms. The number of nitrogens with one attached hydrogen (secondary N) is 1. The largest absolute Gasteiger partial charge is 0.328 e. The maximum absolute atomic E-state index is 12.8. The highest BCUT2D eigenvalue weighted by Gasteiger charge is 2.26. The van der Waals surface area contributed by atoms with Crippen molar-refractivity contribution < 1.29 is 4.79 Å². The molecule has 3 rings (SSSR count). The van der Waals surface area contributed by atoms with Gasteiger partial charge in [0.25, 0.3) is 5.91 Å². The molecule has 1 amide bonds. The van der Waals surface area contributed by atoms with E-state index >= 15 is 0 Å². The molecule has 1 atom stereocenters. The smallest absolute Gasteiger partial charge is 0.255 e. The molecule has 2 aromatic rings. The van der Waals surface area contributed by atoms with E-state index in [0.717, 1.165) is 12.0 Å². The number of hydrogen-bond donors (Lipinski definition) is 1. The van der Waals surface area contributed by atoms with E-state index in [0.29, 0.717) is 17.9 Å². The molecule has 1 aromatic carbocycles. The molecule has 0 bridgehead atoms. The molecule has 0 saturated heterocycles. The van der Waals surface area contributed by atoms with Crippen LogP contribution in [-0.2, 0) is 0 Å². The Morgan fingerprint density at radius 1 is 1.45 bits per heavy atom. The zero-order valence-electron chi connectivity index (χ0n) is 11.3. The monoisotopic (exact) mass is 268 g/mol. The van der Waals surface area contributed by atoms with Gasteiger partial charge in [0.1, 0.15) is 6.33 Å². The topological polar surface area (TPSA) is 61.9 Å². The fraction of sp³-hybridized carbons (Fsp3) is 0.267. The number of nitrogens with zero attached hydrogens (tertiary/aromatic N) is 3. The number of benzene rings is 1. The lowest BCUT2D eigenvalue weighted by atomic mass is 10.0. The van der Waals surface area contributed by atoms with Crippen LogP contribution >= 0.6 is 0 Å². The van der Waals surface area contributed by atoms with Crippen LogP contribution in [0.5, 0.6) is 0 Å². The van der Waals surface area contributed by atoms with Crippen LogP contribution in [0.15, 0.2) is 42.7 Å². The zero-order chi connectivity index (χ0) is 13.9. The minimum Gasteiger partial charge on any atom is -0.328 e. The number of aromatic nitrogens is 3. The summed E-state index contributed by atoms with van der Waals surface area (Å²) >= 11 is 0. The fourth-order valence-corrected chi connectivity index (χ4v) is 2.53. The Labute approximate surface area is 117 Å². The van der Waals surface area contributed by atoms with Gasteiger partial charge in [-0.15, -0.1) is 0 Å². The van der Waals surface area contributed by atoms with Gasteiger partial charge in [-0.05, 0) is 12.5 Å². The lowest BCUT2D eigenvalue weighted by molar-refractivity contribution is 0.0748. The van der Waals surface area contributed by atoms with Crippen molar-refractivity contribution in [1.82, 2.24) is 20.1 Å². The van der Waals surface area contributed by atoms with E-state index in [1.807, 2.05) is 35.2 Å². The van der Waals surface area contributed by atoms with E-state index in [1.54, 1.807) is 0 Å². The normalized spacial score (nSPS) is 17.6. The van der Waals surface area contributed by atoms with Gasteiger partial charge in [0.05, 0.1) is 11.6 Å². The van der Waals surface area contributed by atoms with Crippen molar-refractivity contribution in [3.05, 3.63) is 48.3 Å². The summed E-state index contributed by atoms with van der Waals surface area (Å²) in [6, 6.07) is 7.68. The Bertz CT molecular complexity index is 633. The van der Waals surface area contributed by atoms with Crippen LogP contribution in [0.2, 0.25) is 0 Å². The van der Waals surface area contributed by atoms with E-state index in [-0.39, 0.29) is 11.9 Å². The van der Waals surface area contributed by atoms with Crippen LogP contribution in [0.1, 0.15) is 23.7 Å². The summed E-state index contributed by atoms with van der Waals surface area (Å²) in [6.07, 6.45) is 6.51. The second kappa shape index (κ2) is 5.28. The summed E-state index contributed by atoms with van der Waals surface area (Å²) in [5.74, 6) is 0.656. The van der Waals surface area contributed by atoms with Crippen molar-refractivity contribution in [3.8, 4) is 11.4 Å². The summed E-state index contributed by atoms with van der Waals surface area (Å²) < 4.78 is 0. The quantitative estimate of drug-likeness (QED) is 0.868. The SMILES string of the molecule is CCC1C=CCN1C(=O)c1ccccc1-c1ncn[nH]1. The van der Waals surface area contributed by atoms with Crippen LogP contribution in [0.4, 0.5) is 0 Å². The Morgan fingerprint density at radius 2 is 2.30 bits per heavy atom. The van der Waals surface area contributed by atoms with Crippen LogP contribution < -0.4 is 0 Å². The fourth-order valence-electron chi connectivity index (χ4n) is 2.53. The number of rotatable bonds is 3. The summed E-state index contributed by atoms with van der Waals surface area (Å²) in [7, 11) is 0. The number of hydrogen-bond acceptors (Lipinski definition) is 3.